The van der Waals surface area contributed by atoms with E-state index in [1.54, 1.807) is 0 Å². The molecule has 3 heterocycles. The van der Waals surface area contributed by atoms with Crippen molar-refractivity contribution in [2.75, 3.05) is 5.73 Å². The van der Waals surface area contributed by atoms with Gasteiger partial charge in [0.1, 0.15) is 17.5 Å². The molecule has 10 heteroatoms. The Bertz CT molecular complexity index is 946. The highest BCUT2D eigenvalue weighted by molar-refractivity contribution is 8.01. The number of thiazole rings is 1. The Labute approximate surface area is 189 Å². The second kappa shape index (κ2) is 7.81. The summed E-state index contributed by atoms with van der Waals surface area (Å²) in [6.07, 6.45) is 7.58. The number of rotatable bonds is 5. The number of carboxylic acid groups (broad SMARTS) is 1. The predicted octanol–water partition coefficient (Wildman–Crippen LogP) is 2.36. The third kappa shape index (κ3) is 3.73. The van der Waals surface area contributed by atoms with Crippen molar-refractivity contribution in [3.63, 3.8) is 0 Å². The van der Waals surface area contributed by atoms with Crippen LogP contribution in [-0.4, -0.2) is 55.0 Å². The van der Waals surface area contributed by atoms with Crippen molar-refractivity contribution in [1.82, 2.24) is 15.2 Å². The van der Waals surface area contributed by atoms with E-state index in [4.69, 9.17) is 5.73 Å². The van der Waals surface area contributed by atoms with Crippen LogP contribution in [0.3, 0.4) is 0 Å². The van der Waals surface area contributed by atoms with E-state index in [0.717, 1.165) is 31.4 Å². The molecular formula is C21H28N4O4S2. The van der Waals surface area contributed by atoms with Crippen LogP contribution < -0.4 is 11.1 Å². The van der Waals surface area contributed by atoms with E-state index in [-0.39, 0.29) is 28.5 Å². The summed E-state index contributed by atoms with van der Waals surface area (Å²) in [5.74, 6) is -1.53. The molecular weight excluding hydrogens is 436 g/mol. The lowest BCUT2D eigenvalue weighted by molar-refractivity contribution is -0.160. The number of carbonyl (C=O) groups excluding carboxylic acids is 2. The van der Waals surface area contributed by atoms with Gasteiger partial charge in [0.05, 0.1) is 5.69 Å². The first-order chi connectivity index (χ1) is 14.5. The monoisotopic (exact) mass is 464 g/mol. The summed E-state index contributed by atoms with van der Waals surface area (Å²) >= 11 is 2.85. The van der Waals surface area contributed by atoms with Gasteiger partial charge in [-0.2, -0.15) is 0 Å². The molecule has 1 aliphatic carbocycles. The van der Waals surface area contributed by atoms with Gasteiger partial charge in [-0.25, -0.2) is 9.78 Å². The van der Waals surface area contributed by atoms with Gasteiger partial charge in [-0.1, -0.05) is 25.8 Å². The lowest BCUT2D eigenvalue weighted by Crippen LogP contribution is -2.70. The van der Waals surface area contributed by atoms with E-state index in [1.807, 2.05) is 25.3 Å². The molecule has 168 valence electrons. The molecule has 2 saturated heterocycles. The summed E-state index contributed by atoms with van der Waals surface area (Å²) in [5.41, 5.74) is 6.64. The Kier molecular flexibility index (Phi) is 5.58. The maximum absolute atomic E-state index is 12.6. The van der Waals surface area contributed by atoms with E-state index < -0.39 is 22.8 Å². The molecule has 0 aromatic carbocycles. The standard InChI is InChI=1S/C21H28N4O4S2/c1-20(2)15(18(28)29)25-16(27)14(17(25)31-20)24-13(26)8-7-11-6-4-5-9-21(11,3)12-10-30-19(22)23-12/h7-8,10-11,14-15,17H,4-6,9H2,1-3H3,(H2,22,23)(H,24,26)(H,28,29)/b8-7-/t11?,14-,15+,17-,21?/m1/s1. The first-order valence-electron chi connectivity index (χ1n) is 10.5. The number of carboxylic acids is 1. The zero-order valence-corrected chi connectivity index (χ0v) is 19.5. The number of aliphatic carboxylic acids is 1. The quantitative estimate of drug-likeness (QED) is 0.451. The van der Waals surface area contributed by atoms with Crippen molar-refractivity contribution in [1.29, 1.82) is 0 Å². The molecule has 0 bridgehead atoms. The van der Waals surface area contributed by atoms with Gasteiger partial charge in [0.25, 0.3) is 0 Å². The number of hydrogen-bond donors (Lipinski definition) is 3. The number of aromatic nitrogens is 1. The zero-order chi connectivity index (χ0) is 22.6. The van der Waals surface area contributed by atoms with E-state index in [2.05, 4.69) is 17.2 Å². The maximum Gasteiger partial charge on any atom is 0.327 e. The van der Waals surface area contributed by atoms with Crippen LogP contribution in [0.5, 0.6) is 0 Å². The summed E-state index contributed by atoms with van der Waals surface area (Å²) in [6.45, 7) is 5.80. The Morgan fingerprint density at radius 3 is 2.74 bits per heavy atom. The van der Waals surface area contributed by atoms with E-state index in [0.29, 0.717) is 5.13 Å². The third-order valence-electron chi connectivity index (χ3n) is 6.84. The number of thioether (sulfide) groups is 1. The largest absolute Gasteiger partial charge is 0.480 e. The van der Waals surface area contributed by atoms with Gasteiger partial charge < -0.3 is 21.1 Å². The van der Waals surface area contributed by atoms with Crippen molar-refractivity contribution < 1.29 is 19.5 Å². The predicted molar refractivity (Wildman–Crippen MR) is 121 cm³/mol. The third-order valence-corrected chi connectivity index (χ3v) is 9.08. The number of anilines is 1. The van der Waals surface area contributed by atoms with Gasteiger partial charge in [0.15, 0.2) is 5.13 Å². The Morgan fingerprint density at radius 1 is 1.35 bits per heavy atom. The smallest absolute Gasteiger partial charge is 0.327 e. The van der Waals surface area contributed by atoms with Crippen LogP contribution in [0, 0.1) is 5.92 Å². The van der Waals surface area contributed by atoms with Gasteiger partial charge in [-0.3, -0.25) is 9.59 Å². The van der Waals surface area contributed by atoms with Gasteiger partial charge in [-0.15, -0.1) is 23.1 Å². The number of allylic oxidation sites excluding steroid dienone is 1. The molecule has 4 N–H and O–H groups in total. The first kappa shape index (κ1) is 22.1. The number of β-lactam (4-membered cyclic amide) rings is 1. The molecule has 0 radical (unpaired) electrons. The number of nitrogens with two attached hydrogens (primary N) is 1. The fraction of sp³-hybridized carbons (Fsp3) is 0.619. The summed E-state index contributed by atoms with van der Waals surface area (Å²) in [6, 6.07) is -1.57. The first-order valence-corrected chi connectivity index (χ1v) is 12.2. The van der Waals surface area contributed by atoms with Gasteiger partial charge >= 0.3 is 5.97 Å². The maximum atomic E-state index is 12.6. The number of nitrogens with one attached hydrogen (secondary N) is 1. The van der Waals surface area contributed by atoms with Gasteiger partial charge in [-0.05, 0) is 38.7 Å². The number of hydrogen-bond acceptors (Lipinski definition) is 7. The van der Waals surface area contributed by atoms with Crippen LogP contribution in [0.15, 0.2) is 17.5 Å². The summed E-state index contributed by atoms with van der Waals surface area (Å²) < 4.78 is -0.610. The molecule has 1 aromatic rings. The highest BCUT2D eigenvalue weighted by Crippen LogP contribution is 2.50. The zero-order valence-electron chi connectivity index (χ0n) is 17.8. The molecule has 2 unspecified atom stereocenters. The summed E-state index contributed by atoms with van der Waals surface area (Å²) in [4.78, 5) is 42.7. The van der Waals surface area contributed by atoms with Crippen molar-refractivity contribution in [2.45, 2.75) is 74.1 Å². The SMILES string of the molecule is CC1(c2csc(N)n2)CCCCC1/C=C\C(=O)N[C@@H]1C(=O)N2[C@@H]1SC(C)(C)[C@@H]2C(=O)O. The van der Waals surface area contributed by atoms with E-state index >= 15 is 0 Å². The van der Waals surface area contributed by atoms with Crippen LogP contribution in [0.2, 0.25) is 0 Å². The molecule has 3 fully saturated rings. The van der Waals surface area contributed by atoms with Crippen LogP contribution >= 0.6 is 23.1 Å². The van der Waals surface area contributed by atoms with Crippen LogP contribution in [0.25, 0.3) is 0 Å². The number of amides is 2. The second-order valence-corrected chi connectivity index (χ2v) is 11.9. The highest BCUT2D eigenvalue weighted by Gasteiger charge is 2.64. The molecule has 1 saturated carbocycles. The Balaban J connectivity index is 1.43. The number of nitrogens with zero attached hydrogens (tertiary/aromatic N) is 2. The molecule has 8 nitrogen and oxygen atoms in total. The van der Waals surface area contributed by atoms with E-state index in [9.17, 15) is 19.5 Å². The number of carbonyl (C=O) groups is 3. The van der Waals surface area contributed by atoms with Crippen molar-refractivity contribution >= 4 is 46.0 Å². The molecule has 4 rings (SSSR count). The van der Waals surface area contributed by atoms with Crippen LogP contribution in [0.4, 0.5) is 5.13 Å². The minimum absolute atomic E-state index is 0.151. The van der Waals surface area contributed by atoms with Crippen LogP contribution in [0.1, 0.15) is 52.1 Å². The topological polar surface area (TPSA) is 126 Å². The Morgan fingerprint density at radius 2 is 2.10 bits per heavy atom. The molecule has 2 amide bonds. The average molecular weight is 465 g/mol. The minimum atomic E-state index is -1.02. The Hall–Kier alpha value is -2.07. The second-order valence-electron chi connectivity index (χ2n) is 9.28. The normalized spacial score (nSPS) is 34.4. The molecule has 1 aromatic heterocycles. The fourth-order valence-corrected chi connectivity index (χ4v) is 7.42. The van der Waals surface area contributed by atoms with Gasteiger partial charge in [0.2, 0.25) is 11.8 Å². The average Bonchev–Trinajstić information content (AvgIpc) is 3.25. The minimum Gasteiger partial charge on any atom is -0.480 e. The van der Waals surface area contributed by atoms with Crippen molar-refractivity contribution in [3.8, 4) is 0 Å². The molecule has 0 spiro atoms. The van der Waals surface area contributed by atoms with Crippen molar-refractivity contribution in [2.24, 2.45) is 5.92 Å². The fourth-order valence-electron chi connectivity index (χ4n) is 5.09. The lowest BCUT2D eigenvalue weighted by Gasteiger charge is -2.43. The van der Waals surface area contributed by atoms with Gasteiger partial charge in [0, 0.05) is 15.5 Å². The summed E-state index contributed by atoms with van der Waals surface area (Å²) in [7, 11) is 0. The van der Waals surface area contributed by atoms with Crippen molar-refractivity contribution in [3.05, 3.63) is 23.2 Å². The number of fused-ring (bicyclic) bond motifs is 1. The van der Waals surface area contributed by atoms with Crippen LogP contribution in [-0.2, 0) is 19.8 Å². The summed E-state index contributed by atoms with van der Waals surface area (Å²) in [5, 5.41) is 14.5. The molecule has 5 atom stereocenters. The molecule has 3 aliphatic rings. The lowest BCUT2D eigenvalue weighted by atomic mass is 9.66. The number of nitrogen functional groups attached to an aromatic ring is 1. The molecule has 2 aliphatic heterocycles. The highest BCUT2D eigenvalue weighted by atomic mass is 32.2. The van der Waals surface area contributed by atoms with E-state index in [1.165, 1.54) is 34.1 Å². The molecule has 31 heavy (non-hydrogen) atoms.